The number of hydrogen-bond acceptors (Lipinski definition) is 4. The minimum absolute atomic E-state index is 0.0476. The summed E-state index contributed by atoms with van der Waals surface area (Å²) < 4.78 is 2.34. The topological polar surface area (TPSA) is 60.4 Å². The zero-order valence-electron chi connectivity index (χ0n) is 16.4. The molecule has 1 aliphatic carbocycles. The number of benzene rings is 2. The molecule has 0 N–H and O–H groups in total. The van der Waals surface area contributed by atoms with Gasteiger partial charge in [0.25, 0.3) is 5.69 Å². The predicted octanol–water partition coefficient (Wildman–Crippen LogP) is 6.64. The predicted molar refractivity (Wildman–Crippen MR) is 117 cm³/mol. The second-order valence-corrected chi connectivity index (χ2v) is 8.33. The van der Waals surface area contributed by atoms with Crippen LogP contribution in [0.25, 0.3) is 11.3 Å². The van der Waals surface area contributed by atoms with E-state index in [9.17, 15) is 10.1 Å². The Morgan fingerprint density at radius 1 is 0.931 bits per heavy atom. The van der Waals surface area contributed by atoms with Gasteiger partial charge in [-0.05, 0) is 24.5 Å². The van der Waals surface area contributed by atoms with Gasteiger partial charge < -0.3 is 4.57 Å². The number of hydrogen-bond donors (Lipinski definition) is 0. The standard InChI is InChI=1S/C23H25N3O2S/c27-26(28)21-16-10-9-15-20(21)24-23-25(19-13-7-2-1-3-8-14-19)22(17-29-23)18-11-5-4-6-12-18/h4-6,9-12,15-17,19H,1-3,7-8,13-14H2. The van der Waals surface area contributed by atoms with Gasteiger partial charge in [-0.3, -0.25) is 10.1 Å². The molecule has 0 unspecified atom stereocenters. The number of para-hydroxylation sites is 2. The Morgan fingerprint density at radius 3 is 2.31 bits per heavy atom. The fraction of sp³-hybridized carbons (Fsp3) is 0.348. The molecular formula is C23H25N3O2S. The van der Waals surface area contributed by atoms with Gasteiger partial charge in [-0.1, -0.05) is 74.6 Å². The molecule has 0 bridgehead atoms. The molecule has 2 aromatic carbocycles. The van der Waals surface area contributed by atoms with E-state index in [4.69, 9.17) is 4.99 Å². The molecule has 1 aromatic heterocycles. The number of thiazole rings is 1. The van der Waals surface area contributed by atoms with Crippen LogP contribution in [0.1, 0.15) is 51.0 Å². The second kappa shape index (κ2) is 9.18. The quantitative estimate of drug-likeness (QED) is 0.359. The van der Waals surface area contributed by atoms with Crippen molar-refractivity contribution in [2.75, 3.05) is 0 Å². The van der Waals surface area contributed by atoms with Crippen LogP contribution in [0.3, 0.4) is 0 Å². The molecular weight excluding hydrogens is 382 g/mol. The largest absolute Gasteiger partial charge is 0.313 e. The Labute approximate surface area is 174 Å². The highest BCUT2D eigenvalue weighted by atomic mass is 32.1. The maximum Gasteiger partial charge on any atom is 0.294 e. The Bertz CT molecular complexity index is 1030. The average molecular weight is 408 g/mol. The molecule has 1 aliphatic rings. The van der Waals surface area contributed by atoms with E-state index < -0.39 is 0 Å². The van der Waals surface area contributed by atoms with Crippen LogP contribution in [0.4, 0.5) is 11.4 Å². The molecule has 5 nitrogen and oxygen atoms in total. The lowest BCUT2D eigenvalue weighted by Gasteiger charge is -2.23. The highest BCUT2D eigenvalue weighted by Gasteiger charge is 2.20. The number of aromatic nitrogens is 1. The fourth-order valence-corrected chi connectivity index (χ4v) is 5.06. The Hall–Kier alpha value is -2.73. The Morgan fingerprint density at radius 2 is 1.59 bits per heavy atom. The minimum Gasteiger partial charge on any atom is -0.313 e. The third kappa shape index (κ3) is 4.48. The third-order valence-corrected chi connectivity index (χ3v) is 6.39. The molecule has 6 heteroatoms. The summed E-state index contributed by atoms with van der Waals surface area (Å²) in [5, 5.41) is 13.6. The van der Waals surface area contributed by atoms with E-state index in [0.29, 0.717) is 11.7 Å². The molecule has 0 spiro atoms. The first-order valence-electron chi connectivity index (χ1n) is 10.3. The van der Waals surface area contributed by atoms with Gasteiger partial charge in [0.15, 0.2) is 4.80 Å². The second-order valence-electron chi connectivity index (χ2n) is 7.50. The SMILES string of the molecule is O=[N+]([O-])c1ccccc1N=c1scc(-c2ccccc2)n1C1CCCCCCC1. The van der Waals surface area contributed by atoms with Crippen LogP contribution < -0.4 is 4.80 Å². The van der Waals surface area contributed by atoms with E-state index in [-0.39, 0.29) is 10.6 Å². The normalized spacial score (nSPS) is 16.3. The molecule has 0 saturated heterocycles. The van der Waals surface area contributed by atoms with E-state index in [1.807, 2.05) is 18.2 Å². The van der Waals surface area contributed by atoms with Crippen LogP contribution in [-0.2, 0) is 0 Å². The first-order valence-corrected chi connectivity index (χ1v) is 11.2. The van der Waals surface area contributed by atoms with Gasteiger partial charge in [0, 0.05) is 17.5 Å². The summed E-state index contributed by atoms with van der Waals surface area (Å²) in [7, 11) is 0. The smallest absolute Gasteiger partial charge is 0.294 e. The van der Waals surface area contributed by atoms with Crippen LogP contribution in [0.15, 0.2) is 65.0 Å². The summed E-state index contributed by atoms with van der Waals surface area (Å²) in [6.45, 7) is 0. The van der Waals surface area contributed by atoms with Gasteiger partial charge in [-0.25, -0.2) is 4.99 Å². The van der Waals surface area contributed by atoms with Crippen molar-refractivity contribution in [2.24, 2.45) is 4.99 Å². The van der Waals surface area contributed by atoms with Crippen molar-refractivity contribution < 1.29 is 4.92 Å². The van der Waals surface area contributed by atoms with Gasteiger partial charge in [-0.15, -0.1) is 11.3 Å². The molecule has 0 aliphatic heterocycles. The van der Waals surface area contributed by atoms with Gasteiger partial charge in [0.1, 0.15) is 5.69 Å². The summed E-state index contributed by atoms with van der Waals surface area (Å²) in [6, 6.07) is 17.5. The van der Waals surface area contributed by atoms with Gasteiger partial charge in [-0.2, -0.15) is 0 Å². The lowest BCUT2D eigenvalue weighted by molar-refractivity contribution is -0.384. The van der Waals surface area contributed by atoms with Crippen LogP contribution in [0, 0.1) is 10.1 Å². The van der Waals surface area contributed by atoms with Crippen molar-refractivity contribution >= 4 is 22.7 Å². The number of nitro benzene ring substituents is 1. The highest BCUT2D eigenvalue weighted by Crippen LogP contribution is 2.32. The van der Waals surface area contributed by atoms with Crippen molar-refractivity contribution in [1.29, 1.82) is 0 Å². The van der Waals surface area contributed by atoms with Gasteiger partial charge in [0.2, 0.25) is 0 Å². The molecule has 0 amide bonds. The Kier molecular flexibility index (Phi) is 6.20. The van der Waals surface area contributed by atoms with E-state index >= 15 is 0 Å². The van der Waals surface area contributed by atoms with E-state index in [0.717, 1.165) is 28.9 Å². The third-order valence-electron chi connectivity index (χ3n) is 5.55. The fourth-order valence-electron chi connectivity index (χ4n) is 4.08. The van der Waals surface area contributed by atoms with Crippen LogP contribution in [0.2, 0.25) is 0 Å². The van der Waals surface area contributed by atoms with Crippen LogP contribution >= 0.6 is 11.3 Å². The summed E-state index contributed by atoms with van der Waals surface area (Å²) >= 11 is 1.57. The van der Waals surface area contributed by atoms with Crippen molar-refractivity contribution in [3.63, 3.8) is 0 Å². The number of nitrogens with zero attached hydrogens (tertiary/aromatic N) is 3. The molecule has 150 valence electrons. The zero-order valence-corrected chi connectivity index (χ0v) is 17.2. The van der Waals surface area contributed by atoms with Gasteiger partial charge in [0.05, 0.1) is 10.6 Å². The van der Waals surface area contributed by atoms with Crippen molar-refractivity contribution in [3.05, 3.63) is 74.9 Å². The maximum atomic E-state index is 11.5. The molecule has 1 saturated carbocycles. The van der Waals surface area contributed by atoms with Crippen molar-refractivity contribution in [1.82, 2.24) is 4.57 Å². The molecule has 1 fully saturated rings. The highest BCUT2D eigenvalue weighted by molar-refractivity contribution is 7.07. The van der Waals surface area contributed by atoms with E-state index in [2.05, 4.69) is 22.1 Å². The summed E-state index contributed by atoms with van der Waals surface area (Å²) in [5.74, 6) is 0. The number of rotatable bonds is 4. The molecule has 3 aromatic rings. The van der Waals surface area contributed by atoms with Crippen LogP contribution in [0.5, 0.6) is 0 Å². The van der Waals surface area contributed by atoms with Crippen LogP contribution in [-0.4, -0.2) is 9.49 Å². The lowest BCUT2D eigenvalue weighted by Crippen LogP contribution is -2.22. The van der Waals surface area contributed by atoms with E-state index in [1.165, 1.54) is 38.2 Å². The van der Waals surface area contributed by atoms with Crippen molar-refractivity contribution in [3.8, 4) is 11.3 Å². The molecule has 4 rings (SSSR count). The maximum absolute atomic E-state index is 11.5. The summed E-state index contributed by atoms with van der Waals surface area (Å²) in [4.78, 5) is 16.7. The summed E-state index contributed by atoms with van der Waals surface area (Å²) in [6.07, 6.45) is 8.55. The molecule has 29 heavy (non-hydrogen) atoms. The molecule has 0 radical (unpaired) electrons. The monoisotopic (exact) mass is 407 g/mol. The van der Waals surface area contributed by atoms with E-state index in [1.54, 1.807) is 29.5 Å². The zero-order chi connectivity index (χ0) is 20.1. The Balaban J connectivity index is 1.86. The molecule has 0 atom stereocenters. The average Bonchev–Trinajstić information content (AvgIpc) is 3.12. The first kappa shape index (κ1) is 19.6. The number of nitro groups is 1. The first-order chi connectivity index (χ1) is 14.2. The lowest BCUT2D eigenvalue weighted by atomic mass is 9.96. The van der Waals surface area contributed by atoms with Gasteiger partial charge >= 0.3 is 0 Å². The van der Waals surface area contributed by atoms with Crippen molar-refractivity contribution in [2.45, 2.75) is 51.0 Å². The minimum atomic E-state index is -0.356. The summed E-state index contributed by atoms with van der Waals surface area (Å²) in [5.41, 5.74) is 2.78. The molecule has 1 heterocycles.